The van der Waals surface area contributed by atoms with Crippen LogP contribution >= 0.6 is 11.6 Å². The summed E-state index contributed by atoms with van der Waals surface area (Å²) in [5, 5.41) is 25.0. The highest BCUT2D eigenvalue weighted by atomic mass is 35.5. The lowest BCUT2D eigenvalue weighted by atomic mass is 9.92. The lowest BCUT2D eigenvalue weighted by molar-refractivity contribution is 0.0149. The van der Waals surface area contributed by atoms with E-state index in [9.17, 15) is 15.0 Å². The molecule has 36 heavy (non-hydrogen) atoms. The quantitative estimate of drug-likeness (QED) is 0.359. The minimum atomic E-state index is -0.655. The summed E-state index contributed by atoms with van der Waals surface area (Å²) in [5.74, 6) is -0.228. The molecule has 7 nitrogen and oxygen atoms in total. The van der Waals surface area contributed by atoms with E-state index in [1.165, 1.54) is 0 Å². The lowest BCUT2D eigenvalue weighted by Crippen LogP contribution is -2.44. The number of nitrogens with zero attached hydrogens (tertiary/aromatic N) is 1. The van der Waals surface area contributed by atoms with E-state index in [1.54, 1.807) is 0 Å². The van der Waals surface area contributed by atoms with Crippen LogP contribution in [0.3, 0.4) is 0 Å². The molecule has 1 fully saturated rings. The lowest BCUT2D eigenvalue weighted by Gasteiger charge is -2.28. The summed E-state index contributed by atoms with van der Waals surface area (Å²) < 4.78 is 5.34. The number of morpholine rings is 1. The number of rotatable bonds is 11. The Morgan fingerprint density at radius 3 is 2.67 bits per heavy atom. The third-order valence-corrected chi connectivity index (χ3v) is 7.01. The number of aromatic amines is 1. The first kappa shape index (κ1) is 28.4. The van der Waals surface area contributed by atoms with E-state index >= 15 is 0 Å². The van der Waals surface area contributed by atoms with E-state index in [4.69, 9.17) is 16.3 Å². The molecule has 0 radical (unpaired) electrons. The van der Waals surface area contributed by atoms with Crippen molar-refractivity contribution in [3.63, 3.8) is 0 Å². The number of aromatic nitrogens is 1. The number of ether oxygens (including phenoxy) is 1. The summed E-state index contributed by atoms with van der Waals surface area (Å²) in [6.07, 6.45) is 3.16. The molecule has 0 saturated carbocycles. The van der Waals surface area contributed by atoms with Crippen molar-refractivity contribution in [2.75, 3.05) is 39.4 Å². The summed E-state index contributed by atoms with van der Waals surface area (Å²) in [6.45, 7) is 11.4. The fourth-order valence-electron chi connectivity index (χ4n) is 4.67. The average Bonchev–Trinajstić information content (AvgIpc) is 3.14. The Hall–Kier alpha value is -2.16. The largest absolute Gasteiger partial charge is 0.390 e. The van der Waals surface area contributed by atoms with Crippen molar-refractivity contribution in [2.24, 2.45) is 0 Å². The number of benzene rings is 1. The number of carbonyl (C=O) groups excluding carboxylic acids is 1. The van der Waals surface area contributed by atoms with Crippen molar-refractivity contribution in [1.29, 1.82) is 0 Å². The number of nitrogens with one attached hydrogen (secondary N) is 2. The number of aliphatic hydroxyl groups is 2. The molecule has 1 aromatic carbocycles. The van der Waals surface area contributed by atoms with Crippen LogP contribution in [0.4, 0.5) is 0 Å². The van der Waals surface area contributed by atoms with Crippen LogP contribution in [0.1, 0.15) is 64.6 Å². The second-order valence-corrected chi connectivity index (χ2v) is 10.1. The van der Waals surface area contributed by atoms with Crippen LogP contribution in [0.15, 0.2) is 18.2 Å². The minimum absolute atomic E-state index is 0.175. The van der Waals surface area contributed by atoms with E-state index in [0.717, 1.165) is 59.6 Å². The van der Waals surface area contributed by atoms with Crippen LogP contribution in [0.25, 0.3) is 11.6 Å². The highest BCUT2D eigenvalue weighted by molar-refractivity contribution is 6.30. The summed E-state index contributed by atoms with van der Waals surface area (Å²) in [5.41, 5.74) is 5.57. The average molecular weight is 518 g/mol. The SMILES string of the molecule is CCCCC(O)/C(=C\c1[nH]c(C)c(C(=O)NC[C@H](O)CN2CCOCC2)c1C)c1cc(Cl)ccc1C. The van der Waals surface area contributed by atoms with Gasteiger partial charge in [-0.3, -0.25) is 9.69 Å². The van der Waals surface area contributed by atoms with Gasteiger partial charge in [-0.1, -0.05) is 37.4 Å². The molecule has 2 heterocycles. The first-order valence-electron chi connectivity index (χ1n) is 12.8. The Bertz CT molecular complexity index is 1060. The number of H-pyrrole nitrogens is 1. The van der Waals surface area contributed by atoms with E-state index < -0.39 is 12.2 Å². The molecule has 1 unspecified atom stereocenters. The van der Waals surface area contributed by atoms with Crippen LogP contribution in [-0.2, 0) is 4.74 Å². The van der Waals surface area contributed by atoms with Crippen molar-refractivity contribution in [3.05, 3.63) is 56.9 Å². The third kappa shape index (κ3) is 7.43. The van der Waals surface area contributed by atoms with Gasteiger partial charge in [0.1, 0.15) is 0 Å². The normalized spacial score (nSPS) is 16.7. The summed E-state index contributed by atoms with van der Waals surface area (Å²) >= 11 is 6.30. The zero-order chi connectivity index (χ0) is 26.2. The first-order chi connectivity index (χ1) is 17.2. The minimum Gasteiger partial charge on any atom is -0.390 e. The molecule has 0 aliphatic carbocycles. The van der Waals surface area contributed by atoms with Gasteiger partial charge in [0.25, 0.3) is 5.91 Å². The summed E-state index contributed by atoms with van der Waals surface area (Å²) in [6, 6.07) is 5.68. The maximum absolute atomic E-state index is 13.1. The molecule has 1 amide bonds. The number of hydrogen-bond acceptors (Lipinski definition) is 5. The Morgan fingerprint density at radius 1 is 1.25 bits per heavy atom. The maximum Gasteiger partial charge on any atom is 0.253 e. The number of aryl methyl sites for hydroxylation is 2. The van der Waals surface area contributed by atoms with Crippen molar-refractivity contribution < 1.29 is 19.7 Å². The fourth-order valence-corrected chi connectivity index (χ4v) is 4.84. The van der Waals surface area contributed by atoms with E-state index in [-0.39, 0.29) is 12.5 Å². The van der Waals surface area contributed by atoms with Crippen LogP contribution in [0.5, 0.6) is 0 Å². The predicted octanol–water partition coefficient (Wildman–Crippen LogP) is 4.11. The Labute approximate surface area is 219 Å². The molecule has 1 aromatic heterocycles. The first-order valence-corrected chi connectivity index (χ1v) is 13.2. The molecule has 0 spiro atoms. The molecule has 0 bridgehead atoms. The molecule has 1 saturated heterocycles. The van der Waals surface area contributed by atoms with Gasteiger partial charge in [0.2, 0.25) is 0 Å². The number of β-amino-alcohol motifs (C(OH)–C–C–N with tert-alkyl or cyclic N) is 1. The number of carbonyl (C=O) groups is 1. The maximum atomic E-state index is 13.1. The molecule has 2 aromatic rings. The van der Waals surface area contributed by atoms with Crippen LogP contribution in [0.2, 0.25) is 5.02 Å². The van der Waals surface area contributed by atoms with Gasteiger partial charge in [0, 0.05) is 42.6 Å². The van der Waals surface area contributed by atoms with Gasteiger partial charge in [0.05, 0.1) is 31.0 Å². The van der Waals surface area contributed by atoms with Gasteiger partial charge in [-0.15, -0.1) is 0 Å². The Morgan fingerprint density at radius 2 is 1.97 bits per heavy atom. The van der Waals surface area contributed by atoms with E-state index in [2.05, 4.69) is 22.1 Å². The van der Waals surface area contributed by atoms with Crippen LogP contribution in [0, 0.1) is 20.8 Å². The second kappa shape index (κ2) is 13.4. The Kier molecular flexibility index (Phi) is 10.6. The van der Waals surface area contributed by atoms with Crippen molar-refractivity contribution in [1.82, 2.24) is 15.2 Å². The van der Waals surface area contributed by atoms with Crippen molar-refractivity contribution in [3.8, 4) is 0 Å². The van der Waals surface area contributed by atoms with Gasteiger partial charge in [0.15, 0.2) is 0 Å². The topological polar surface area (TPSA) is 97.8 Å². The molecule has 8 heteroatoms. The van der Waals surface area contributed by atoms with Gasteiger partial charge in [-0.25, -0.2) is 0 Å². The monoisotopic (exact) mass is 517 g/mol. The van der Waals surface area contributed by atoms with E-state index in [0.29, 0.717) is 36.8 Å². The second-order valence-electron chi connectivity index (χ2n) is 9.66. The molecule has 1 aliphatic heterocycles. The van der Waals surface area contributed by atoms with Gasteiger partial charge < -0.3 is 25.3 Å². The van der Waals surface area contributed by atoms with E-state index in [1.807, 2.05) is 45.0 Å². The number of halogens is 1. The van der Waals surface area contributed by atoms with Gasteiger partial charge in [-0.05, 0) is 67.7 Å². The summed E-state index contributed by atoms with van der Waals surface area (Å²) in [7, 11) is 0. The molecule has 3 rings (SSSR count). The highest BCUT2D eigenvalue weighted by Crippen LogP contribution is 2.31. The molecule has 1 aliphatic rings. The fraction of sp³-hybridized carbons (Fsp3) is 0.536. The number of hydrogen-bond donors (Lipinski definition) is 4. The van der Waals surface area contributed by atoms with Crippen LogP contribution < -0.4 is 5.32 Å². The zero-order valence-electron chi connectivity index (χ0n) is 21.9. The predicted molar refractivity (Wildman–Crippen MR) is 145 cm³/mol. The molecule has 2 atom stereocenters. The molecular weight excluding hydrogens is 478 g/mol. The Balaban J connectivity index is 1.81. The zero-order valence-corrected chi connectivity index (χ0v) is 22.6. The molecule has 4 N–H and O–H groups in total. The molecule has 198 valence electrons. The number of amides is 1. The van der Waals surface area contributed by atoms with Crippen molar-refractivity contribution >= 4 is 29.2 Å². The van der Waals surface area contributed by atoms with Gasteiger partial charge in [-0.2, -0.15) is 0 Å². The third-order valence-electron chi connectivity index (χ3n) is 6.77. The smallest absolute Gasteiger partial charge is 0.253 e. The number of unbranched alkanes of at least 4 members (excludes halogenated alkanes) is 1. The number of aliphatic hydroxyl groups excluding tert-OH is 2. The van der Waals surface area contributed by atoms with Crippen molar-refractivity contribution in [2.45, 2.75) is 59.2 Å². The molecular formula is C28H40ClN3O4. The highest BCUT2D eigenvalue weighted by Gasteiger charge is 2.22. The standard InChI is InChI=1S/C28H40ClN3O4/c1-5-6-7-26(34)24(23-14-21(29)9-8-18(23)2)15-25-19(3)27(20(4)31-25)28(35)30-16-22(33)17-32-10-12-36-13-11-32/h8-9,14-15,22,26,31,33-34H,5-7,10-13,16-17H2,1-4H3,(H,30,35)/b24-15-/t22-,26?/m0/s1. The van der Waals surface area contributed by atoms with Crippen LogP contribution in [-0.4, -0.2) is 77.6 Å². The van der Waals surface area contributed by atoms with Gasteiger partial charge >= 0.3 is 0 Å². The summed E-state index contributed by atoms with van der Waals surface area (Å²) in [4.78, 5) is 18.5.